The lowest BCUT2D eigenvalue weighted by Gasteiger charge is -2.38. The molecule has 0 aromatic heterocycles. The Morgan fingerprint density at radius 2 is 1.08 bits per heavy atom. The Balaban J connectivity index is 0.000000819. The fourth-order valence-electron chi connectivity index (χ4n) is 10.7. The first-order valence-corrected chi connectivity index (χ1v) is 25.8. The smallest absolute Gasteiger partial charge is 0.328 e. The number of nitrogens with zero attached hydrogens (tertiary/aromatic N) is 2. The molecule has 4 saturated carbocycles. The van der Waals surface area contributed by atoms with Gasteiger partial charge in [-0.1, -0.05) is 122 Å². The van der Waals surface area contributed by atoms with Crippen LogP contribution in [0, 0.1) is 57.2 Å². The number of ketones is 1. The molecule has 12 N–H and O–H groups in total. The Morgan fingerprint density at radius 1 is 0.671 bits per heavy atom. The molecule has 13 atom stereocenters. The Kier molecular flexibility index (Phi) is 15.9. The van der Waals surface area contributed by atoms with E-state index in [0.717, 1.165) is 36.2 Å². The van der Waals surface area contributed by atoms with Crippen LogP contribution in [-0.2, 0) is 38.3 Å². The molecule has 0 spiro atoms. The predicted octanol–water partition coefficient (Wildman–Crippen LogP) is 4.91. The number of piperidine rings is 2. The first-order chi connectivity index (χ1) is 42.1. The lowest BCUT2D eigenvalue weighted by molar-refractivity contribution is -0.154. The summed E-state index contributed by atoms with van der Waals surface area (Å²) in [5.41, 5.74) is 5.78. The van der Waals surface area contributed by atoms with E-state index in [-0.39, 0.29) is 52.7 Å². The average molecular weight is 1160 g/mol. The average Bonchev–Trinajstić information content (AvgIpc) is 1.51. The monoisotopic (exact) mass is 1160 g/mol. The van der Waals surface area contributed by atoms with Crippen molar-refractivity contribution in [2.45, 2.75) is 230 Å². The quantitative estimate of drug-likeness (QED) is 0.0781. The summed E-state index contributed by atoms with van der Waals surface area (Å²) in [4.78, 5) is 118. The van der Waals surface area contributed by atoms with Gasteiger partial charge in [-0.15, -0.1) is 12.4 Å². The standard InChI is InChI=1S/C27H45N5O5.C20H35N3O4.C8H16N2O2.2CH4.ClH/c1-25(2,3)20(30-24(37)31-26(4,5)6)23(36)32-13-15-17(27(15,7)8)18(32)22(35)29-16(19(33)21(28)34)12-14-10-9-11-14;1-18(2,3)14(21-17(26)22-19(4,5)6)15(24)23-10-11-12(20(11,7)8)13(23)16(25)27-9;9-6(7(11)8(10)12)4-5-2-1-3-5;;;/h14-18,20H,9-13H2,1-8H3,(H2,28,34)(H,29,35)(H2,30,31,37);11-14H,10H2,1-9H3,(H2,21,22,26);5-7,11H,1-4,9H2,(H2,10,12);2*1H4;1H/t15-,16?,17-,18-,20+;11-,12-,13-,14+;6-,7?;;;/m000.../s1/i2*1D3,4D3,7D3;;;;/t15-,16?,17-,18-,20+,27?;11-,12-,13-,14+,20?;m;;;. The highest BCUT2D eigenvalue weighted by Crippen LogP contribution is 2.66. The van der Waals surface area contributed by atoms with Crippen molar-refractivity contribution in [2.24, 2.45) is 74.4 Å². The zero-order valence-electron chi connectivity index (χ0n) is 64.1. The number of likely N-dealkylation sites (tertiary alicyclic amines) is 2. The lowest BCUT2D eigenvalue weighted by Crippen LogP contribution is -2.62. The second-order valence-electron chi connectivity index (χ2n) is 24.3. The van der Waals surface area contributed by atoms with Crippen LogP contribution in [0.1, 0.15) is 201 Å². The summed E-state index contributed by atoms with van der Waals surface area (Å²) in [7, 11) is 1.10. The van der Waals surface area contributed by atoms with Gasteiger partial charge in [0.2, 0.25) is 29.4 Å². The van der Waals surface area contributed by atoms with E-state index in [1.54, 1.807) is 0 Å². The zero-order chi connectivity index (χ0) is 73.2. The zero-order valence-corrected chi connectivity index (χ0v) is 47.0. The number of nitrogens with one attached hydrogen (secondary N) is 5. The summed E-state index contributed by atoms with van der Waals surface area (Å²) in [6.45, 7) is -3.40. The van der Waals surface area contributed by atoms with E-state index in [1.165, 1.54) is 88.5 Å². The Bertz CT molecular complexity index is 2870. The van der Waals surface area contributed by atoms with Gasteiger partial charge in [-0.3, -0.25) is 28.8 Å². The first-order valence-electron chi connectivity index (χ1n) is 34.8. The minimum absolute atomic E-state index is 0. The highest BCUT2D eigenvalue weighted by Gasteiger charge is 2.71. The molecule has 2 aliphatic heterocycles. The van der Waals surface area contributed by atoms with Crippen LogP contribution in [0.25, 0.3) is 0 Å². The molecule has 9 amide bonds. The summed E-state index contributed by atoms with van der Waals surface area (Å²) >= 11 is 0. The van der Waals surface area contributed by atoms with Gasteiger partial charge in [0.05, 0.1) is 13.2 Å². The SMILES string of the molecule is C.C.Cl.NC(=O)C(O)[C@@H](N)CC1CCC1.[2H]C([2H])([2H])C(C)(C)NC(=O)N[C@H](C(=O)N1C[C@H]2[C@@H]([C@H]1C(=O)NC(CC1CCC1)C(=O)C(N)=O)C2(C)C([2H])([2H])[2H])C(C)(C)C([2H])([2H])[2H].[2H]C([2H])([2H])C(C)(C)NC(=O)N[C@H](C(=O)N1C[C@H]2[C@@H]([C@H]1C(=O)OC)C2(C)C([2H])([2H])[2H])C(C)(C)C([2H])([2H])[2H]. The minimum Gasteiger partial charge on any atom is -0.467 e. The van der Waals surface area contributed by atoms with E-state index in [1.807, 2.05) is 0 Å². The fourth-order valence-corrected chi connectivity index (χ4v) is 10.7. The number of hydrogen-bond acceptors (Lipinski definition) is 12. The number of esters is 1. The molecular weight excluding hydrogens is 1040 g/mol. The van der Waals surface area contributed by atoms with Gasteiger partial charge in [-0.25, -0.2) is 14.4 Å². The van der Waals surface area contributed by atoms with Crippen LogP contribution in [0.3, 0.4) is 0 Å². The van der Waals surface area contributed by atoms with Gasteiger partial charge in [0.1, 0.15) is 30.3 Å². The minimum atomic E-state index is -2.85. The van der Waals surface area contributed by atoms with E-state index in [4.69, 9.17) is 51.7 Å². The number of urea groups is 2. The number of aliphatic hydroxyl groups is 1. The molecule has 0 aromatic rings. The Hall–Kier alpha value is -4.76. The van der Waals surface area contributed by atoms with Gasteiger partial charge in [-0.2, -0.15) is 0 Å². The molecule has 0 bridgehead atoms. The third-order valence-electron chi connectivity index (χ3n) is 15.5. The van der Waals surface area contributed by atoms with E-state index < -0.39 is 193 Å². The summed E-state index contributed by atoms with van der Waals surface area (Å²) in [6, 6.07) is -10.3. The molecule has 4 unspecified atom stereocenters. The number of ether oxygens (including phenoxy) is 1. The Morgan fingerprint density at radius 3 is 1.42 bits per heavy atom. The van der Waals surface area contributed by atoms with Gasteiger partial charge in [-0.05, 0) is 105 Å². The number of rotatable bonds is 15. The first kappa shape index (κ1) is 46.8. The molecular formula is C57H105ClN10O11. The van der Waals surface area contributed by atoms with Crippen molar-refractivity contribution in [2.75, 3.05) is 20.2 Å². The highest BCUT2D eigenvalue weighted by atomic mass is 35.5. The summed E-state index contributed by atoms with van der Waals surface area (Å²) in [5.74, 6) is -9.00. The second kappa shape index (κ2) is 26.9. The molecule has 6 rings (SSSR count). The molecule has 4 aliphatic carbocycles. The summed E-state index contributed by atoms with van der Waals surface area (Å²) in [5, 5.41) is 20.8. The van der Waals surface area contributed by atoms with E-state index in [2.05, 4.69) is 26.6 Å². The van der Waals surface area contributed by atoms with Crippen LogP contribution >= 0.6 is 12.4 Å². The van der Waals surface area contributed by atoms with Gasteiger partial charge < -0.3 is 63.4 Å². The topological polar surface area (TPSA) is 328 Å². The van der Waals surface area contributed by atoms with Crippen LogP contribution < -0.4 is 43.8 Å². The second-order valence-corrected chi connectivity index (χ2v) is 24.3. The number of nitrogens with two attached hydrogens (primary N) is 3. The van der Waals surface area contributed by atoms with E-state index in [9.17, 15) is 43.2 Å². The maximum absolute atomic E-state index is 14.3. The number of primary amides is 2. The molecule has 21 nitrogen and oxygen atoms in total. The molecule has 22 heteroatoms. The van der Waals surface area contributed by atoms with Crippen molar-refractivity contribution in [3.05, 3.63) is 0 Å². The number of carbonyl (C=O) groups excluding carboxylic acids is 9. The molecule has 6 fully saturated rings. The van der Waals surface area contributed by atoms with Crippen molar-refractivity contribution >= 4 is 65.8 Å². The van der Waals surface area contributed by atoms with Crippen LogP contribution in [0.5, 0.6) is 0 Å². The number of aliphatic hydroxyl groups excluding tert-OH is 1. The molecule has 79 heavy (non-hydrogen) atoms. The third-order valence-corrected chi connectivity index (χ3v) is 15.5. The largest absolute Gasteiger partial charge is 0.467 e. The van der Waals surface area contributed by atoms with E-state index >= 15 is 0 Å². The van der Waals surface area contributed by atoms with Gasteiger partial charge >= 0.3 is 18.0 Å². The van der Waals surface area contributed by atoms with Gasteiger partial charge in [0.25, 0.3) is 5.91 Å². The van der Waals surface area contributed by atoms with Crippen molar-refractivity contribution in [1.29, 1.82) is 0 Å². The molecule has 2 heterocycles. The number of amides is 9. The number of Topliss-reactive ketones (excluding diaryl/α,β-unsaturated/α-hetero) is 1. The maximum Gasteiger partial charge on any atom is 0.328 e. The number of carbonyl (C=O) groups is 9. The number of halogens is 1. The molecule has 456 valence electrons. The van der Waals surface area contributed by atoms with Gasteiger partial charge in [0, 0.05) is 60.8 Å². The van der Waals surface area contributed by atoms with Crippen molar-refractivity contribution < 1.29 is 77.7 Å². The summed E-state index contributed by atoms with van der Waals surface area (Å²) in [6.07, 6.45) is 5.68. The van der Waals surface area contributed by atoms with Crippen LogP contribution in [0.15, 0.2) is 0 Å². The normalized spacial score (nSPS) is 31.9. The number of hydrogen-bond donors (Lipinski definition) is 9. The molecule has 6 aliphatic rings. The van der Waals surface area contributed by atoms with Crippen LogP contribution in [0.4, 0.5) is 9.59 Å². The predicted molar refractivity (Wildman–Crippen MR) is 308 cm³/mol. The Labute approximate surface area is 503 Å². The molecule has 0 radical (unpaired) electrons. The lowest BCUT2D eigenvalue weighted by atomic mass is 9.80. The third kappa shape index (κ3) is 18.1. The summed E-state index contributed by atoms with van der Waals surface area (Å²) < 4.78 is 147. The highest BCUT2D eigenvalue weighted by molar-refractivity contribution is 6.37. The van der Waals surface area contributed by atoms with Crippen molar-refractivity contribution in [1.82, 2.24) is 36.4 Å². The van der Waals surface area contributed by atoms with Gasteiger partial charge in [0.15, 0.2) is 0 Å². The molecule has 2 saturated heterocycles. The van der Waals surface area contributed by atoms with Crippen LogP contribution in [0.2, 0.25) is 0 Å². The fraction of sp³-hybridized carbons (Fsp3) is 0.842. The van der Waals surface area contributed by atoms with Crippen molar-refractivity contribution in [3.8, 4) is 0 Å². The maximum atomic E-state index is 14.3. The molecule has 0 aromatic carbocycles. The van der Waals surface area contributed by atoms with Crippen molar-refractivity contribution in [3.63, 3.8) is 0 Å². The van der Waals surface area contributed by atoms with Crippen LogP contribution in [-0.4, -0.2) is 142 Å². The number of fused-ring (bicyclic) bond motifs is 2. The van der Waals surface area contributed by atoms with E-state index in [0.29, 0.717) is 12.3 Å². The number of methoxy groups -OCH3 is 1.